The number of carbonyl (C=O) groups excluding carboxylic acids is 1. The molecular formula is C18H20N2O3. The quantitative estimate of drug-likeness (QED) is 0.398. The molecule has 23 heavy (non-hydrogen) atoms. The molecule has 2 N–H and O–H groups in total. The van der Waals surface area contributed by atoms with Gasteiger partial charge in [0.25, 0.3) is 0 Å². The molecule has 1 aromatic carbocycles. The highest BCUT2D eigenvalue weighted by Gasteiger charge is 2.14. The van der Waals surface area contributed by atoms with Gasteiger partial charge in [-0.2, -0.15) is 0 Å². The lowest BCUT2D eigenvalue weighted by Gasteiger charge is -2.05. The van der Waals surface area contributed by atoms with Crippen molar-refractivity contribution in [2.75, 3.05) is 7.11 Å². The number of benzene rings is 1. The topological polar surface area (TPSA) is 77.8 Å². The largest absolute Gasteiger partial charge is 0.465 e. The van der Waals surface area contributed by atoms with Crippen molar-refractivity contribution in [1.29, 1.82) is 0 Å². The summed E-state index contributed by atoms with van der Waals surface area (Å²) in [7, 11) is 1.35. The molecule has 0 amide bonds. The van der Waals surface area contributed by atoms with Gasteiger partial charge in [0.05, 0.1) is 12.7 Å². The smallest absolute Gasteiger partial charge is 0.338 e. The van der Waals surface area contributed by atoms with Crippen molar-refractivity contribution in [3.63, 3.8) is 0 Å². The van der Waals surface area contributed by atoms with Crippen LogP contribution in [0.4, 0.5) is 0 Å². The van der Waals surface area contributed by atoms with Gasteiger partial charge in [-0.25, -0.2) is 4.79 Å². The van der Waals surface area contributed by atoms with Crippen LogP contribution in [0.15, 0.2) is 51.9 Å². The first-order chi connectivity index (χ1) is 11.0. The number of nitrogens with zero attached hydrogens (tertiary/aromatic N) is 1. The van der Waals surface area contributed by atoms with Crippen molar-refractivity contribution >= 4 is 23.5 Å². The Morgan fingerprint density at radius 2 is 1.91 bits per heavy atom. The number of nitrogens with two attached hydrogens (primary N) is 1. The Balaban J connectivity index is 2.37. The zero-order valence-corrected chi connectivity index (χ0v) is 13.4. The molecule has 2 aromatic rings. The molecule has 0 aliphatic carbocycles. The average Bonchev–Trinajstić information content (AvgIpc) is 3.01. The van der Waals surface area contributed by atoms with E-state index >= 15 is 0 Å². The lowest BCUT2D eigenvalue weighted by Crippen LogP contribution is -2.14. The predicted molar refractivity (Wildman–Crippen MR) is 90.9 cm³/mol. The van der Waals surface area contributed by atoms with E-state index in [2.05, 4.69) is 4.99 Å². The summed E-state index contributed by atoms with van der Waals surface area (Å²) in [6.07, 6.45) is 1.63. The second kappa shape index (κ2) is 7.45. The molecule has 0 spiro atoms. The van der Waals surface area contributed by atoms with Gasteiger partial charge in [0.15, 0.2) is 11.6 Å². The van der Waals surface area contributed by atoms with Crippen LogP contribution in [-0.2, 0) is 9.53 Å². The van der Waals surface area contributed by atoms with E-state index < -0.39 is 5.97 Å². The van der Waals surface area contributed by atoms with E-state index in [4.69, 9.17) is 14.9 Å². The summed E-state index contributed by atoms with van der Waals surface area (Å²) in [5.74, 6) is 0.880. The Kier molecular flexibility index (Phi) is 5.36. The number of carbonyl (C=O) groups is 1. The molecule has 0 atom stereocenters. The zero-order chi connectivity index (χ0) is 16.8. The summed E-state index contributed by atoms with van der Waals surface area (Å²) in [6.45, 7) is 3.86. The minimum absolute atomic E-state index is 0.0778. The van der Waals surface area contributed by atoms with E-state index in [1.54, 1.807) is 18.2 Å². The lowest BCUT2D eigenvalue weighted by atomic mass is 10.1. The van der Waals surface area contributed by atoms with E-state index in [-0.39, 0.29) is 6.04 Å². The average molecular weight is 312 g/mol. The van der Waals surface area contributed by atoms with Gasteiger partial charge in [-0.15, -0.1) is 0 Å². The van der Waals surface area contributed by atoms with Crippen molar-refractivity contribution < 1.29 is 13.9 Å². The molecular weight excluding hydrogens is 292 g/mol. The van der Waals surface area contributed by atoms with Gasteiger partial charge < -0.3 is 14.9 Å². The first-order valence-electron chi connectivity index (χ1n) is 7.30. The van der Waals surface area contributed by atoms with Gasteiger partial charge in [0, 0.05) is 6.04 Å². The van der Waals surface area contributed by atoms with E-state index in [9.17, 15) is 4.79 Å². The monoisotopic (exact) mass is 312 g/mol. The molecule has 0 saturated carbocycles. The number of esters is 1. The Labute approximate surface area is 135 Å². The summed E-state index contributed by atoms with van der Waals surface area (Å²) < 4.78 is 10.5. The number of amidine groups is 1. The normalized spacial score (nSPS) is 12.5. The molecule has 0 bridgehead atoms. The van der Waals surface area contributed by atoms with E-state index in [0.717, 1.165) is 5.56 Å². The molecule has 0 radical (unpaired) electrons. The fourth-order valence-corrected chi connectivity index (χ4v) is 2.04. The number of ether oxygens (including phenoxy) is 1. The van der Waals surface area contributed by atoms with Crippen LogP contribution >= 0.6 is 0 Å². The van der Waals surface area contributed by atoms with Crippen LogP contribution in [-0.4, -0.2) is 25.0 Å². The van der Waals surface area contributed by atoms with Crippen molar-refractivity contribution in [3.05, 3.63) is 59.5 Å². The number of methoxy groups -OCH3 is 1. The molecule has 5 nitrogen and oxygen atoms in total. The fraction of sp³-hybridized carbons (Fsp3) is 0.222. The van der Waals surface area contributed by atoms with Crippen LogP contribution in [0.1, 0.15) is 30.9 Å². The van der Waals surface area contributed by atoms with Gasteiger partial charge in [-0.3, -0.25) is 4.99 Å². The maximum atomic E-state index is 12.0. The van der Waals surface area contributed by atoms with Gasteiger partial charge >= 0.3 is 5.97 Å². The molecule has 0 saturated heterocycles. The third-order valence-electron chi connectivity index (χ3n) is 3.05. The van der Waals surface area contributed by atoms with E-state index in [1.165, 1.54) is 7.11 Å². The van der Waals surface area contributed by atoms with Crippen LogP contribution in [0.2, 0.25) is 0 Å². The second-order valence-electron chi connectivity index (χ2n) is 5.23. The first kappa shape index (κ1) is 16.5. The zero-order valence-electron chi connectivity index (χ0n) is 13.4. The van der Waals surface area contributed by atoms with E-state index in [0.29, 0.717) is 22.9 Å². The Morgan fingerprint density at radius 1 is 1.22 bits per heavy atom. The van der Waals surface area contributed by atoms with Gasteiger partial charge in [0.1, 0.15) is 5.76 Å². The molecule has 1 aromatic heterocycles. The molecule has 0 unspecified atom stereocenters. The highest BCUT2D eigenvalue weighted by Crippen LogP contribution is 2.21. The number of hydrogen-bond acceptors (Lipinski definition) is 4. The maximum Gasteiger partial charge on any atom is 0.338 e. The van der Waals surface area contributed by atoms with Gasteiger partial charge in [0.2, 0.25) is 0 Å². The molecule has 0 fully saturated rings. The van der Waals surface area contributed by atoms with Crippen LogP contribution in [0.5, 0.6) is 0 Å². The number of rotatable bonds is 5. The highest BCUT2D eigenvalue weighted by molar-refractivity contribution is 6.21. The Bertz CT molecular complexity index is 728. The van der Waals surface area contributed by atoms with Gasteiger partial charge in [-0.1, -0.05) is 30.3 Å². The Morgan fingerprint density at radius 3 is 2.52 bits per heavy atom. The number of furan rings is 1. The lowest BCUT2D eigenvalue weighted by molar-refractivity contribution is -0.133. The third-order valence-corrected chi connectivity index (χ3v) is 3.05. The molecule has 1 heterocycles. The summed E-state index contributed by atoms with van der Waals surface area (Å²) in [5.41, 5.74) is 7.04. The summed E-state index contributed by atoms with van der Waals surface area (Å²) in [5, 5.41) is 0. The van der Waals surface area contributed by atoms with E-state index in [1.807, 2.05) is 44.2 Å². The van der Waals surface area contributed by atoms with Crippen molar-refractivity contribution in [2.24, 2.45) is 10.7 Å². The summed E-state index contributed by atoms with van der Waals surface area (Å²) in [4.78, 5) is 16.3. The molecule has 0 aliphatic rings. The predicted octanol–water partition coefficient (Wildman–Crippen LogP) is 3.11. The number of aliphatic imine (C=N–C) groups is 1. The van der Waals surface area contributed by atoms with Crippen LogP contribution in [0.3, 0.4) is 0 Å². The van der Waals surface area contributed by atoms with Crippen molar-refractivity contribution in [2.45, 2.75) is 19.9 Å². The van der Waals surface area contributed by atoms with Crippen LogP contribution < -0.4 is 5.73 Å². The minimum Gasteiger partial charge on any atom is -0.465 e. The maximum absolute atomic E-state index is 12.0. The highest BCUT2D eigenvalue weighted by atomic mass is 16.5. The minimum atomic E-state index is -0.432. The van der Waals surface area contributed by atoms with Crippen LogP contribution in [0, 0.1) is 0 Å². The second-order valence-corrected chi connectivity index (χ2v) is 5.23. The van der Waals surface area contributed by atoms with Crippen molar-refractivity contribution in [1.82, 2.24) is 0 Å². The fourth-order valence-electron chi connectivity index (χ4n) is 2.04. The molecule has 2 rings (SSSR count). The SMILES string of the molecule is COC(=O)/C(=C/c1ccc(C(N)=NC(C)C)o1)c1ccccc1. The third kappa shape index (κ3) is 4.32. The molecule has 0 aliphatic heterocycles. The first-order valence-corrected chi connectivity index (χ1v) is 7.30. The Hall–Kier alpha value is -2.82. The standard InChI is InChI=1S/C18H20N2O3/c1-12(2)20-17(19)16-10-9-14(23-16)11-15(18(21)22-3)13-7-5-4-6-8-13/h4-12H,1-3H3,(H2,19,20)/b15-11+. The summed E-state index contributed by atoms with van der Waals surface area (Å²) >= 11 is 0. The van der Waals surface area contributed by atoms with Crippen LogP contribution in [0.25, 0.3) is 11.6 Å². The van der Waals surface area contributed by atoms with Gasteiger partial charge in [-0.05, 0) is 37.6 Å². The molecule has 120 valence electrons. The number of hydrogen-bond donors (Lipinski definition) is 1. The summed E-state index contributed by atoms with van der Waals surface area (Å²) in [6, 6.07) is 12.8. The van der Waals surface area contributed by atoms with Crippen molar-refractivity contribution in [3.8, 4) is 0 Å². The molecule has 5 heteroatoms.